The van der Waals surface area contributed by atoms with Crippen LogP contribution in [0.2, 0.25) is 0 Å². The summed E-state index contributed by atoms with van der Waals surface area (Å²) in [6, 6.07) is 7.36. The van der Waals surface area contributed by atoms with E-state index in [9.17, 15) is 18.3 Å². The van der Waals surface area contributed by atoms with Gasteiger partial charge < -0.3 is 20.2 Å². The van der Waals surface area contributed by atoms with E-state index < -0.39 is 9.84 Å². The molecule has 28 heavy (non-hydrogen) atoms. The molecule has 0 aromatic heterocycles. The van der Waals surface area contributed by atoms with Crippen LogP contribution in [0.15, 0.2) is 29.2 Å². The van der Waals surface area contributed by atoms with Gasteiger partial charge in [0.15, 0.2) is 9.84 Å². The Morgan fingerprint density at radius 1 is 1.11 bits per heavy atom. The van der Waals surface area contributed by atoms with Gasteiger partial charge in [-0.25, -0.2) is 13.2 Å². The number of carbonyl (C=O) groups excluding carboxylic acids is 1. The Bertz CT molecular complexity index is 812. The van der Waals surface area contributed by atoms with Crippen molar-refractivity contribution in [1.29, 1.82) is 0 Å². The summed E-state index contributed by atoms with van der Waals surface area (Å²) in [6.45, 7) is 1.61. The first-order chi connectivity index (χ1) is 13.3. The molecule has 1 aromatic carbocycles. The average molecular weight is 408 g/mol. The quantitative estimate of drug-likeness (QED) is 0.797. The van der Waals surface area contributed by atoms with Crippen LogP contribution < -0.4 is 10.2 Å². The van der Waals surface area contributed by atoms with Gasteiger partial charge >= 0.3 is 6.03 Å². The fraction of sp³-hybridized carbons (Fsp3) is 0.650. The number of hydrogen-bond acceptors (Lipinski definition) is 5. The summed E-state index contributed by atoms with van der Waals surface area (Å²) < 4.78 is 23.3. The third-order valence-corrected chi connectivity index (χ3v) is 7.45. The third kappa shape index (κ3) is 3.98. The normalized spacial score (nSPS) is 30.4. The minimum absolute atomic E-state index is 0.00123. The van der Waals surface area contributed by atoms with Gasteiger partial charge in [0.2, 0.25) is 0 Å². The monoisotopic (exact) mass is 407 g/mol. The Kier molecular flexibility index (Phi) is 5.26. The van der Waals surface area contributed by atoms with Gasteiger partial charge in [-0.1, -0.05) is 0 Å². The van der Waals surface area contributed by atoms with Gasteiger partial charge in [0, 0.05) is 43.2 Å². The number of piperidine rings is 2. The maximum atomic E-state index is 12.9. The summed E-state index contributed by atoms with van der Waals surface area (Å²) in [4.78, 5) is 17.4. The second-order valence-electron chi connectivity index (χ2n) is 8.42. The molecule has 0 unspecified atom stereocenters. The van der Waals surface area contributed by atoms with Crippen molar-refractivity contribution >= 4 is 21.6 Å². The van der Waals surface area contributed by atoms with Crippen LogP contribution in [-0.2, 0) is 9.84 Å². The number of aliphatic hydroxyl groups is 1. The van der Waals surface area contributed by atoms with Crippen LogP contribution in [0.1, 0.15) is 38.5 Å². The molecule has 2 N–H and O–H groups in total. The maximum absolute atomic E-state index is 12.9. The fourth-order valence-electron chi connectivity index (χ4n) is 4.96. The van der Waals surface area contributed by atoms with Crippen molar-refractivity contribution in [2.45, 2.75) is 67.6 Å². The number of nitrogens with one attached hydrogen (secondary N) is 1. The number of benzene rings is 1. The highest BCUT2D eigenvalue weighted by molar-refractivity contribution is 7.90. The number of rotatable bonds is 3. The number of carbonyl (C=O) groups is 1. The van der Waals surface area contributed by atoms with Crippen molar-refractivity contribution < 1.29 is 18.3 Å². The average Bonchev–Trinajstić information content (AvgIpc) is 2.93. The van der Waals surface area contributed by atoms with Gasteiger partial charge in [-0.2, -0.15) is 0 Å². The number of aliphatic hydroxyl groups excluding tert-OH is 1. The smallest absolute Gasteiger partial charge is 0.318 e. The van der Waals surface area contributed by atoms with E-state index in [4.69, 9.17) is 0 Å². The van der Waals surface area contributed by atoms with Crippen molar-refractivity contribution in [3.05, 3.63) is 24.3 Å². The zero-order valence-corrected chi connectivity index (χ0v) is 17.1. The number of urea groups is 1. The molecule has 3 saturated heterocycles. The molecule has 0 radical (unpaired) electrons. The van der Waals surface area contributed by atoms with Gasteiger partial charge in [0.05, 0.1) is 11.0 Å². The molecule has 7 nitrogen and oxygen atoms in total. The number of anilines is 1. The standard InChI is InChI=1S/C20H29N3O4S/c1-28(26,27)19-8-6-15(7-9-19)22-10-2-3-14(13-22)21-20(25)23-16-4-5-17(23)12-18(24)11-16/h6-9,14,16-18,24H,2-5,10-13H2,1H3,(H,21,25)/t14-,16-,17+,18+/m0/s1. The van der Waals surface area contributed by atoms with E-state index in [2.05, 4.69) is 10.2 Å². The number of amides is 2. The fourth-order valence-corrected chi connectivity index (χ4v) is 5.59. The second kappa shape index (κ2) is 7.55. The van der Waals surface area contributed by atoms with Crippen LogP contribution in [0, 0.1) is 0 Å². The molecule has 0 saturated carbocycles. The van der Waals surface area contributed by atoms with E-state index in [0.29, 0.717) is 17.7 Å². The highest BCUT2D eigenvalue weighted by Crippen LogP contribution is 2.35. The molecular formula is C20H29N3O4S. The summed E-state index contributed by atoms with van der Waals surface area (Å²) in [6.07, 6.45) is 6.19. The molecular weight excluding hydrogens is 378 g/mol. The third-order valence-electron chi connectivity index (χ3n) is 6.32. The zero-order valence-electron chi connectivity index (χ0n) is 16.3. The first-order valence-electron chi connectivity index (χ1n) is 10.1. The molecule has 1 aromatic rings. The molecule has 2 bridgehead atoms. The van der Waals surface area contributed by atoms with Crippen molar-refractivity contribution in [1.82, 2.24) is 10.2 Å². The number of fused-ring (bicyclic) bond motifs is 2. The van der Waals surface area contributed by atoms with E-state index >= 15 is 0 Å². The topological polar surface area (TPSA) is 90.0 Å². The molecule has 154 valence electrons. The first-order valence-corrected chi connectivity index (χ1v) is 12.0. The van der Waals surface area contributed by atoms with E-state index in [1.165, 1.54) is 6.26 Å². The van der Waals surface area contributed by atoms with Gasteiger partial charge in [-0.05, 0) is 62.8 Å². The minimum atomic E-state index is -3.20. The number of hydrogen-bond donors (Lipinski definition) is 2. The Morgan fingerprint density at radius 3 is 2.36 bits per heavy atom. The van der Waals surface area contributed by atoms with Gasteiger partial charge in [0.25, 0.3) is 0 Å². The molecule has 4 atom stereocenters. The lowest BCUT2D eigenvalue weighted by molar-refractivity contribution is 0.0533. The Hall–Kier alpha value is -1.80. The van der Waals surface area contributed by atoms with Crippen molar-refractivity contribution in [3.63, 3.8) is 0 Å². The number of sulfone groups is 1. The van der Waals surface area contributed by atoms with E-state index in [1.54, 1.807) is 12.1 Å². The molecule has 2 amide bonds. The van der Waals surface area contributed by atoms with E-state index in [-0.39, 0.29) is 30.3 Å². The van der Waals surface area contributed by atoms with Gasteiger partial charge in [-0.15, -0.1) is 0 Å². The van der Waals surface area contributed by atoms with Crippen LogP contribution in [0.4, 0.5) is 10.5 Å². The minimum Gasteiger partial charge on any atom is -0.393 e. The summed E-state index contributed by atoms with van der Waals surface area (Å²) >= 11 is 0. The lowest BCUT2D eigenvalue weighted by Crippen LogP contribution is -2.56. The SMILES string of the molecule is CS(=O)(=O)c1ccc(N2CCC[C@H](NC(=O)N3[C@@H]4CC[C@H]3C[C@@H](O)C4)C2)cc1. The molecule has 3 heterocycles. The van der Waals surface area contributed by atoms with Crippen LogP contribution in [0.3, 0.4) is 0 Å². The molecule has 3 fully saturated rings. The zero-order chi connectivity index (χ0) is 19.9. The van der Waals surface area contributed by atoms with Crippen LogP contribution >= 0.6 is 0 Å². The van der Waals surface area contributed by atoms with Crippen molar-refractivity contribution in [3.8, 4) is 0 Å². The van der Waals surface area contributed by atoms with Crippen LogP contribution in [0.25, 0.3) is 0 Å². The molecule has 8 heteroatoms. The van der Waals surface area contributed by atoms with E-state index in [0.717, 1.165) is 44.5 Å². The molecule has 3 aliphatic heterocycles. The predicted molar refractivity (Wildman–Crippen MR) is 107 cm³/mol. The summed E-state index contributed by atoms with van der Waals surface area (Å²) in [7, 11) is -3.20. The predicted octanol–water partition coefficient (Wildman–Crippen LogP) is 1.76. The highest BCUT2D eigenvalue weighted by atomic mass is 32.2. The summed E-state index contributed by atoms with van der Waals surface area (Å²) in [5.41, 5.74) is 0.979. The Balaban J connectivity index is 1.38. The second-order valence-corrected chi connectivity index (χ2v) is 10.4. The van der Waals surface area contributed by atoms with Crippen molar-refractivity contribution in [2.24, 2.45) is 0 Å². The highest BCUT2D eigenvalue weighted by Gasteiger charge is 2.43. The molecule has 0 aliphatic carbocycles. The summed E-state index contributed by atoms with van der Waals surface area (Å²) in [5.74, 6) is 0. The van der Waals surface area contributed by atoms with E-state index in [1.807, 2.05) is 17.0 Å². The maximum Gasteiger partial charge on any atom is 0.318 e. The first kappa shape index (κ1) is 19.5. The van der Waals surface area contributed by atoms with Crippen molar-refractivity contribution in [2.75, 3.05) is 24.2 Å². The summed E-state index contributed by atoms with van der Waals surface area (Å²) in [5, 5.41) is 13.1. The van der Waals surface area contributed by atoms with Gasteiger partial charge in [-0.3, -0.25) is 0 Å². The molecule has 0 spiro atoms. The molecule has 4 rings (SSSR count). The number of nitrogens with zero attached hydrogens (tertiary/aromatic N) is 2. The van der Waals surface area contributed by atoms with Crippen LogP contribution in [0.5, 0.6) is 0 Å². The Morgan fingerprint density at radius 2 is 1.75 bits per heavy atom. The lowest BCUT2D eigenvalue weighted by Gasteiger charge is -2.40. The largest absolute Gasteiger partial charge is 0.393 e. The van der Waals surface area contributed by atoms with Gasteiger partial charge in [0.1, 0.15) is 0 Å². The van der Waals surface area contributed by atoms with Crippen LogP contribution in [-0.4, -0.2) is 68.0 Å². The molecule has 3 aliphatic rings. The lowest BCUT2D eigenvalue weighted by atomic mass is 10.00. The Labute approximate surface area is 166 Å².